The minimum absolute atomic E-state index is 0.420. The fourth-order valence-electron chi connectivity index (χ4n) is 2.15. The van der Waals surface area contributed by atoms with Crippen molar-refractivity contribution in [2.45, 2.75) is 13.8 Å². The first-order valence-electron chi connectivity index (χ1n) is 6.56. The number of anilines is 2. The van der Waals surface area contributed by atoms with E-state index in [-0.39, 0.29) is 0 Å². The summed E-state index contributed by atoms with van der Waals surface area (Å²) in [7, 11) is 0. The lowest BCUT2D eigenvalue weighted by Crippen LogP contribution is -2.23. The van der Waals surface area contributed by atoms with E-state index in [1.54, 1.807) is 6.07 Å². The molecule has 0 bridgehead atoms. The molecule has 0 aromatic heterocycles. The first kappa shape index (κ1) is 12.5. The Morgan fingerprint density at radius 1 is 1.15 bits per heavy atom. The Labute approximate surface area is 118 Å². The number of hydrogen-bond acceptors (Lipinski definition) is 4. The molecule has 1 aliphatic rings. The third-order valence-electron chi connectivity index (χ3n) is 3.28. The average Bonchev–Trinajstić information content (AvgIpc) is 2.43. The summed E-state index contributed by atoms with van der Waals surface area (Å²) in [5.74, 6) is 1.53. The number of aryl methyl sites for hydroxylation is 2. The van der Waals surface area contributed by atoms with Crippen LogP contribution in [0.25, 0.3) is 0 Å². The third kappa shape index (κ3) is 2.45. The summed E-state index contributed by atoms with van der Waals surface area (Å²) >= 11 is 0. The molecule has 4 nitrogen and oxygen atoms in total. The molecule has 0 spiro atoms. The maximum absolute atomic E-state index is 5.73. The van der Waals surface area contributed by atoms with Crippen LogP contribution in [0, 0.1) is 13.8 Å². The lowest BCUT2D eigenvalue weighted by Gasteiger charge is -2.19. The fraction of sp³-hybridized carbons (Fsp3) is 0.188. The smallest absolute Gasteiger partial charge is 0.147 e. The molecule has 0 saturated carbocycles. The molecule has 0 atom stereocenters. The number of nitrogen functional groups attached to an aromatic ring is 1. The van der Waals surface area contributed by atoms with Gasteiger partial charge >= 0.3 is 0 Å². The number of benzene rings is 2. The molecule has 0 saturated heterocycles. The van der Waals surface area contributed by atoms with Crippen LogP contribution in [0.15, 0.2) is 41.4 Å². The number of rotatable bonds is 1. The van der Waals surface area contributed by atoms with E-state index in [1.165, 1.54) is 11.1 Å². The molecule has 3 rings (SSSR count). The zero-order valence-corrected chi connectivity index (χ0v) is 11.6. The highest BCUT2D eigenvalue weighted by atomic mass is 16.5. The van der Waals surface area contributed by atoms with E-state index >= 15 is 0 Å². The summed E-state index contributed by atoms with van der Waals surface area (Å²) in [4.78, 5) is 4.58. The standard InChI is InChI=1S/C16H17N3O/c1-10-3-4-11(2)14(7-10)19-16-9-20-15-8-12(17)5-6-13(15)18-16/h3-8H,9,17H2,1-2H3,(H,18,19). The van der Waals surface area contributed by atoms with E-state index in [4.69, 9.17) is 10.5 Å². The van der Waals surface area contributed by atoms with Gasteiger partial charge in [0.25, 0.3) is 0 Å². The van der Waals surface area contributed by atoms with Crippen LogP contribution >= 0.6 is 0 Å². The normalized spacial score (nSPS) is 13.2. The predicted molar refractivity (Wildman–Crippen MR) is 83.0 cm³/mol. The van der Waals surface area contributed by atoms with Crippen molar-refractivity contribution in [1.82, 2.24) is 0 Å². The largest absolute Gasteiger partial charge is 0.483 e. The first-order chi connectivity index (χ1) is 9.61. The maximum Gasteiger partial charge on any atom is 0.147 e. The van der Waals surface area contributed by atoms with Crippen LogP contribution in [0.1, 0.15) is 11.1 Å². The summed E-state index contributed by atoms with van der Waals surface area (Å²) in [6.07, 6.45) is 0. The summed E-state index contributed by atoms with van der Waals surface area (Å²) in [6.45, 7) is 4.56. The van der Waals surface area contributed by atoms with Crippen molar-refractivity contribution >= 4 is 22.9 Å². The van der Waals surface area contributed by atoms with Crippen LogP contribution in [-0.4, -0.2) is 12.4 Å². The van der Waals surface area contributed by atoms with Crippen LogP contribution in [0.5, 0.6) is 5.75 Å². The van der Waals surface area contributed by atoms with Crippen molar-refractivity contribution in [3.05, 3.63) is 47.5 Å². The van der Waals surface area contributed by atoms with Gasteiger partial charge in [-0.1, -0.05) is 12.1 Å². The quantitative estimate of drug-likeness (QED) is 0.778. The molecule has 102 valence electrons. The van der Waals surface area contributed by atoms with Crippen LogP contribution in [-0.2, 0) is 0 Å². The zero-order valence-electron chi connectivity index (χ0n) is 11.6. The molecular formula is C16H17N3O. The topological polar surface area (TPSA) is 59.6 Å². The zero-order chi connectivity index (χ0) is 14.1. The van der Waals surface area contributed by atoms with Crippen LogP contribution in [0.4, 0.5) is 17.1 Å². The SMILES string of the molecule is Cc1ccc(C)c(NC2=Nc3ccc(N)cc3OC2)c1. The van der Waals surface area contributed by atoms with Gasteiger partial charge in [0.2, 0.25) is 0 Å². The molecule has 2 aromatic rings. The lowest BCUT2D eigenvalue weighted by molar-refractivity contribution is 0.372. The van der Waals surface area contributed by atoms with Gasteiger partial charge in [-0.05, 0) is 43.2 Å². The number of amidine groups is 1. The van der Waals surface area contributed by atoms with Gasteiger partial charge < -0.3 is 15.8 Å². The van der Waals surface area contributed by atoms with E-state index in [9.17, 15) is 0 Å². The number of nitrogens with one attached hydrogen (secondary N) is 1. The number of aliphatic imine (C=N–C) groups is 1. The van der Waals surface area contributed by atoms with Crippen molar-refractivity contribution in [2.75, 3.05) is 17.7 Å². The van der Waals surface area contributed by atoms with E-state index < -0.39 is 0 Å². The van der Waals surface area contributed by atoms with E-state index in [0.717, 1.165) is 23.0 Å². The summed E-state index contributed by atoms with van der Waals surface area (Å²) < 4.78 is 5.69. The second-order valence-electron chi connectivity index (χ2n) is 5.02. The molecular weight excluding hydrogens is 250 g/mol. The molecule has 2 aromatic carbocycles. The average molecular weight is 267 g/mol. The van der Waals surface area contributed by atoms with Gasteiger partial charge in [0, 0.05) is 17.4 Å². The molecule has 3 N–H and O–H groups in total. The minimum atomic E-state index is 0.420. The van der Waals surface area contributed by atoms with Gasteiger partial charge in [0.15, 0.2) is 0 Å². The van der Waals surface area contributed by atoms with Gasteiger partial charge in [-0.25, -0.2) is 4.99 Å². The van der Waals surface area contributed by atoms with Crippen molar-refractivity contribution in [2.24, 2.45) is 4.99 Å². The Hall–Kier alpha value is -2.49. The van der Waals surface area contributed by atoms with Gasteiger partial charge in [-0.2, -0.15) is 0 Å². The lowest BCUT2D eigenvalue weighted by atomic mass is 10.1. The van der Waals surface area contributed by atoms with E-state index in [0.29, 0.717) is 12.3 Å². The Bertz CT molecular complexity index is 692. The Morgan fingerprint density at radius 2 is 2.00 bits per heavy atom. The van der Waals surface area contributed by atoms with Gasteiger partial charge in [0.1, 0.15) is 23.9 Å². The summed E-state index contributed by atoms with van der Waals surface area (Å²) in [5, 5.41) is 3.34. The number of nitrogens with zero attached hydrogens (tertiary/aromatic N) is 1. The second-order valence-corrected chi connectivity index (χ2v) is 5.02. The highest BCUT2D eigenvalue weighted by Crippen LogP contribution is 2.32. The van der Waals surface area contributed by atoms with Crippen LogP contribution in [0.2, 0.25) is 0 Å². The monoisotopic (exact) mass is 267 g/mol. The van der Waals surface area contributed by atoms with Crippen molar-refractivity contribution in [3.63, 3.8) is 0 Å². The predicted octanol–water partition coefficient (Wildman–Crippen LogP) is 3.42. The molecule has 1 heterocycles. The Morgan fingerprint density at radius 3 is 2.85 bits per heavy atom. The highest BCUT2D eigenvalue weighted by molar-refractivity contribution is 6.00. The highest BCUT2D eigenvalue weighted by Gasteiger charge is 2.14. The van der Waals surface area contributed by atoms with Gasteiger partial charge in [-0.3, -0.25) is 0 Å². The maximum atomic E-state index is 5.73. The summed E-state index contributed by atoms with van der Waals surface area (Å²) in [6, 6.07) is 11.8. The number of hydrogen-bond donors (Lipinski definition) is 2. The molecule has 0 unspecified atom stereocenters. The summed E-state index contributed by atoms with van der Waals surface area (Å²) in [5.41, 5.74) is 10.7. The molecule has 20 heavy (non-hydrogen) atoms. The number of ether oxygens (including phenoxy) is 1. The van der Waals surface area contributed by atoms with Crippen LogP contribution in [0.3, 0.4) is 0 Å². The molecule has 1 aliphatic heterocycles. The number of fused-ring (bicyclic) bond motifs is 1. The van der Waals surface area contributed by atoms with Crippen molar-refractivity contribution in [3.8, 4) is 5.75 Å². The molecule has 0 amide bonds. The molecule has 0 fully saturated rings. The van der Waals surface area contributed by atoms with Gasteiger partial charge in [0.05, 0.1) is 0 Å². The van der Waals surface area contributed by atoms with E-state index in [2.05, 4.69) is 42.4 Å². The fourth-order valence-corrected chi connectivity index (χ4v) is 2.15. The van der Waals surface area contributed by atoms with Gasteiger partial charge in [-0.15, -0.1) is 0 Å². The Kier molecular flexibility index (Phi) is 3.06. The van der Waals surface area contributed by atoms with E-state index in [1.807, 2.05) is 12.1 Å². The second kappa shape index (κ2) is 4.89. The van der Waals surface area contributed by atoms with Crippen LogP contribution < -0.4 is 15.8 Å². The van der Waals surface area contributed by atoms with Crippen molar-refractivity contribution in [1.29, 1.82) is 0 Å². The Balaban J connectivity index is 1.89. The van der Waals surface area contributed by atoms with Crippen molar-refractivity contribution < 1.29 is 4.74 Å². The third-order valence-corrected chi connectivity index (χ3v) is 3.28. The minimum Gasteiger partial charge on any atom is -0.483 e. The number of nitrogens with two attached hydrogens (primary N) is 1. The molecule has 0 aliphatic carbocycles. The molecule has 4 heteroatoms. The first-order valence-corrected chi connectivity index (χ1v) is 6.56. The molecule has 0 radical (unpaired) electrons.